The van der Waals surface area contributed by atoms with Gasteiger partial charge >= 0.3 is 0 Å². The molecular weight excluding hydrogens is 194 g/mol. The highest BCUT2D eigenvalue weighted by atomic mass is 15.0. The largest absolute Gasteiger partial charge is 0.313 e. The van der Waals surface area contributed by atoms with E-state index in [4.69, 9.17) is 0 Å². The molecule has 94 valence electrons. The minimum atomic E-state index is 0.753. The van der Waals surface area contributed by atoms with E-state index >= 15 is 0 Å². The molecule has 16 heavy (non-hydrogen) atoms. The Balaban J connectivity index is 1.62. The van der Waals surface area contributed by atoms with Crippen molar-refractivity contribution in [2.75, 3.05) is 6.54 Å². The van der Waals surface area contributed by atoms with Crippen LogP contribution in [0.4, 0.5) is 0 Å². The summed E-state index contributed by atoms with van der Waals surface area (Å²) in [6, 6.07) is 0.884. The standard InChI is InChI=1S/C15H29N/c1-2-3-4-8-13-16-14-9-12-15(14)10-6-5-7-11-15/h14,16H,2-13H2,1H3. The summed E-state index contributed by atoms with van der Waals surface area (Å²) in [5, 5.41) is 3.84. The van der Waals surface area contributed by atoms with E-state index < -0.39 is 0 Å². The molecule has 1 nitrogen and oxygen atoms in total. The molecule has 2 fully saturated rings. The number of nitrogens with one attached hydrogen (secondary N) is 1. The van der Waals surface area contributed by atoms with E-state index in [0.717, 1.165) is 11.5 Å². The van der Waals surface area contributed by atoms with Gasteiger partial charge in [0.1, 0.15) is 0 Å². The van der Waals surface area contributed by atoms with E-state index in [0.29, 0.717) is 0 Å². The second-order valence-corrected chi connectivity index (χ2v) is 6.03. The Morgan fingerprint density at radius 2 is 1.81 bits per heavy atom. The van der Waals surface area contributed by atoms with Gasteiger partial charge < -0.3 is 5.32 Å². The minimum Gasteiger partial charge on any atom is -0.313 e. The maximum atomic E-state index is 3.84. The summed E-state index contributed by atoms with van der Waals surface area (Å²) in [5.74, 6) is 0. The van der Waals surface area contributed by atoms with Gasteiger partial charge in [0.05, 0.1) is 0 Å². The lowest BCUT2D eigenvalue weighted by atomic mass is 9.57. The van der Waals surface area contributed by atoms with Crippen molar-refractivity contribution in [2.24, 2.45) is 5.41 Å². The smallest absolute Gasteiger partial charge is 0.0124 e. The van der Waals surface area contributed by atoms with Crippen LogP contribution in [0.2, 0.25) is 0 Å². The Hall–Kier alpha value is -0.0400. The maximum Gasteiger partial charge on any atom is 0.0124 e. The molecule has 0 heterocycles. The van der Waals surface area contributed by atoms with Gasteiger partial charge in [-0.3, -0.25) is 0 Å². The molecule has 1 spiro atoms. The van der Waals surface area contributed by atoms with Crippen molar-refractivity contribution in [3.63, 3.8) is 0 Å². The fraction of sp³-hybridized carbons (Fsp3) is 1.00. The van der Waals surface area contributed by atoms with Crippen molar-refractivity contribution in [3.05, 3.63) is 0 Å². The highest BCUT2D eigenvalue weighted by Gasteiger charge is 2.46. The molecule has 0 aromatic heterocycles. The molecular formula is C15H29N. The van der Waals surface area contributed by atoms with Crippen LogP contribution in [-0.4, -0.2) is 12.6 Å². The van der Waals surface area contributed by atoms with E-state index in [9.17, 15) is 0 Å². The van der Waals surface area contributed by atoms with Gasteiger partial charge in [-0.05, 0) is 44.1 Å². The third kappa shape index (κ3) is 2.80. The number of hydrogen-bond acceptors (Lipinski definition) is 1. The molecule has 2 aliphatic carbocycles. The van der Waals surface area contributed by atoms with Crippen LogP contribution in [0.3, 0.4) is 0 Å². The molecule has 0 aromatic carbocycles. The van der Waals surface area contributed by atoms with E-state index in [1.165, 1.54) is 77.2 Å². The molecule has 1 atom stereocenters. The van der Waals surface area contributed by atoms with Gasteiger partial charge in [0.15, 0.2) is 0 Å². The molecule has 2 saturated carbocycles. The summed E-state index contributed by atoms with van der Waals surface area (Å²) >= 11 is 0. The molecule has 0 amide bonds. The second-order valence-electron chi connectivity index (χ2n) is 6.03. The van der Waals surface area contributed by atoms with Crippen LogP contribution >= 0.6 is 0 Å². The zero-order valence-electron chi connectivity index (χ0n) is 11.1. The fourth-order valence-corrected chi connectivity index (χ4v) is 3.70. The summed E-state index contributed by atoms with van der Waals surface area (Å²) in [6.45, 7) is 3.56. The molecule has 0 bridgehead atoms. The minimum absolute atomic E-state index is 0.753. The Kier molecular flexibility index (Phi) is 4.69. The Bertz CT molecular complexity index is 194. The number of unbranched alkanes of at least 4 members (excludes halogenated alkanes) is 3. The van der Waals surface area contributed by atoms with Crippen LogP contribution < -0.4 is 5.32 Å². The average Bonchev–Trinajstić information content (AvgIpc) is 2.33. The first-order valence-electron chi connectivity index (χ1n) is 7.61. The zero-order valence-corrected chi connectivity index (χ0v) is 11.1. The van der Waals surface area contributed by atoms with Crippen LogP contribution in [-0.2, 0) is 0 Å². The molecule has 1 heteroatoms. The Labute approximate surface area is 101 Å². The summed E-state index contributed by atoms with van der Waals surface area (Å²) in [5.41, 5.74) is 0.753. The maximum absolute atomic E-state index is 3.84. The predicted octanol–water partition coefficient (Wildman–Crippen LogP) is 4.27. The quantitative estimate of drug-likeness (QED) is 0.663. The Morgan fingerprint density at radius 3 is 2.44 bits per heavy atom. The summed E-state index contributed by atoms with van der Waals surface area (Å²) < 4.78 is 0. The molecule has 1 unspecified atom stereocenters. The monoisotopic (exact) mass is 223 g/mol. The van der Waals surface area contributed by atoms with Gasteiger partial charge in [-0.1, -0.05) is 45.4 Å². The van der Waals surface area contributed by atoms with Crippen LogP contribution in [0.15, 0.2) is 0 Å². The molecule has 0 radical (unpaired) electrons. The zero-order chi connectivity index (χ0) is 11.3. The third-order valence-electron chi connectivity index (χ3n) is 4.94. The third-order valence-corrected chi connectivity index (χ3v) is 4.94. The number of hydrogen-bond donors (Lipinski definition) is 1. The van der Waals surface area contributed by atoms with Gasteiger partial charge in [-0.15, -0.1) is 0 Å². The van der Waals surface area contributed by atoms with Crippen molar-refractivity contribution in [2.45, 2.75) is 83.6 Å². The van der Waals surface area contributed by atoms with Gasteiger partial charge in [-0.25, -0.2) is 0 Å². The van der Waals surface area contributed by atoms with E-state index in [1.807, 2.05) is 0 Å². The average molecular weight is 223 g/mol. The summed E-state index contributed by atoms with van der Waals surface area (Å²) in [4.78, 5) is 0. The van der Waals surface area contributed by atoms with Crippen molar-refractivity contribution >= 4 is 0 Å². The Morgan fingerprint density at radius 1 is 1.00 bits per heavy atom. The normalized spacial score (nSPS) is 27.9. The lowest BCUT2D eigenvalue weighted by Crippen LogP contribution is -2.54. The van der Waals surface area contributed by atoms with Gasteiger partial charge in [0, 0.05) is 6.04 Å². The van der Waals surface area contributed by atoms with Gasteiger partial charge in [0.2, 0.25) is 0 Å². The topological polar surface area (TPSA) is 12.0 Å². The van der Waals surface area contributed by atoms with Gasteiger partial charge in [0.25, 0.3) is 0 Å². The molecule has 2 rings (SSSR count). The highest BCUT2D eigenvalue weighted by Crippen LogP contribution is 2.51. The van der Waals surface area contributed by atoms with Crippen molar-refractivity contribution in [1.82, 2.24) is 5.32 Å². The highest BCUT2D eigenvalue weighted by molar-refractivity contribution is 5.01. The van der Waals surface area contributed by atoms with Crippen LogP contribution in [0.5, 0.6) is 0 Å². The van der Waals surface area contributed by atoms with Crippen LogP contribution in [0, 0.1) is 5.41 Å². The molecule has 0 aliphatic heterocycles. The number of rotatable bonds is 6. The first-order chi connectivity index (χ1) is 7.87. The molecule has 2 aliphatic rings. The summed E-state index contributed by atoms with van der Waals surface area (Å²) in [6.07, 6.45) is 16.0. The van der Waals surface area contributed by atoms with Crippen molar-refractivity contribution < 1.29 is 0 Å². The lowest BCUT2D eigenvalue weighted by molar-refractivity contribution is 0.0232. The van der Waals surface area contributed by atoms with E-state index in [2.05, 4.69) is 12.2 Å². The summed E-state index contributed by atoms with van der Waals surface area (Å²) in [7, 11) is 0. The second kappa shape index (κ2) is 6.05. The first-order valence-corrected chi connectivity index (χ1v) is 7.61. The SMILES string of the molecule is CCCCCCNC1CCC12CCCCC2. The van der Waals surface area contributed by atoms with Gasteiger partial charge in [-0.2, -0.15) is 0 Å². The molecule has 1 N–H and O–H groups in total. The fourth-order valence-electron chi connectivity index (χ4n) is 3.70. The molecule has 0 saturated heterocycles. The van der Waals surface area contributed by atoms with Crippen LogP contribution in [0.25, 0.3) is 0 Å². The van der Waals surface area contributed by atoms with E-state index in [-0.39, 0.29) is 0 Å². The lowest BCUT2D eigenvalue weighted by Gasteiger charge is -2.52. The first kappa shape index (κ1) is 12.4. The van der Waals surface area contributed by atoms with Crippen LogP contribution in [0.1, 0.15) is 77.6 Å². The predicted molar refractivity (Wildman–Crippen MR) is 70.7 cm³/mol. The van der Waals surface area contributed by atoms with Crippen molar-refractivity contribution in [3.8, 4) is 0 Å². The molecule has 0 aromatic rings. The van der Waals surface area contributed by atoms with Crippen molar-refractivity contribution in [1.29, 1.82) is 0 Å². The van der Waals surface area contributed by atoms with E-state index in [1.54, 1.807) is 0 Å².